The van der Waals surface area contributed by atoms with Crippen LogP contribution in [-0.2, 0) is 9.53 Å². The van der Waals surface area contributed by atoms with Gasteiger partial charge in [0, 0.05) is 6.54 Å². The average Bonchev–Trinajstić information content (AvgIpc) is 3.20. The summed E-state index contributed by atoms with van der Waals surface area (Å²) in [5.74, 6) is -0.536. The zero-order valence-electron chi connectivity index (χ0n) is 14.5. The van der Waals surface area contributed by atoms with Crippen LogP contribution in [0.4, 0.5) is 5.82 Å². The topological polar surface area (TPSA) is 195 Å². The smallest absolute Gasteiger partial charge is 0.222 e. The van der Waals surface area contributed by atoms with Gasteiger partial charge in [0.1, 0.15) is 24.6 Å². The largest absolute Gasteiger partial charge is 0.394 e. The Morgan fingerprint density at radius 1 is 1.33 bits per heavy atom. The molecule has 27 heavy (non-hydrogen) atoms. The summed E-state index contributed by atoms with van der Waals surface area (Å²) in [5.41, 5.74) is 11.6. The van der Waals surface area contributed by atoms with E-state index >= 15 is 0 Å². The summed E-state index contributed by atoms with van der Waals surface area (Å²) >= 11 is 0. The van der Waals surface area contributed by atoms with Crippen LogP contribution in [0.2, 0.25) is 0 Å². The normalized spacial score (nSPS) is 26.4. The van der Waals surface area contributed by atoms with Gasteiger partial charge in [-0.2, -0.15) is 0 Å². The number of nitrogens with two attached hydrogens (primary N) is 2. The Labute approximate surface area is 154 Å². The van der Waals surface area contributed by atoms with E-state index < -0.39 is 43.0 Å². The lowest BCUT2D eigenvalue weighted by molar-refractivity contribution is -0.121. The van der Waals surface area contributed by atoms with E-state index in [2.05, 4.69) is 20.3 Å². The Morgan fingerprint density at radius 3 is 2.74 bits per heavy atom. The molecular formula is C15H23N7O5. The molecule has 1 aliphatic heterocycles. The van der Waals surface area contributed by atoms with Gasteiger partial charge >= 0.3 is 0 Å². The van der Waals surface area contributed by atoms with Crippen molar-refractivity contribution in [3.05, 3.63) is 12.7 Å². The molecule has 0 aromatic carbocycles. The Kier molecular flexibility index (Phi) is 5.82. The molecule has 148 valence electrons. The quantitative estimate of drug-likeness (QED) is 0.280. The molecule has 8 N–H and O–H groups in total. The molecule has 0 bridgehead atoms. The molecule has 3 unspecified atom stereocenters. The first kappa shape index (κ1) is 19.4. The summed E-state index contributed by atoms with van der Waals surface area (Å²) in [6.07, 6.45) is -1.22. The highest BCUT2D eigenvalue weighted by Gasteiger charge is 2.44. The molecule has 0 radical (unpaired) electrons. The minimum Gasteiger partial charge on any atom is -0.394 e. The van der Waals surface area contributed by atoms with Crippen molar-refractivity contribution < 1.29 is 24.9 Å². The summed E-state index contributed by atoms with van der Waals surface area (Å²) < 4.78 is 6.96. The third-order valence-electron chi connectivity index (χ3n) is 4.58. The van der Waals surface area contributed by atoms with E-state index in [1.54, 1.807) is 0 Å². The van der Waals surface area contributed by atoms with Crippen LogP contribution >= 0.6 is 0 Å². The lowest BCUT2D eigenvalue weighted by Gasteiger charge is -2.17. The maximum atomic E-state index is 11.5. The van der Waals surface area contributed by atoms with Crippen LogP contribution in [-0.4, -0.2) is 78.8 Å². The van der Waals surface area contributed by atoms with E-state index in [0.29, 0.717) is 29.9 Å². The van der Waals surface area contributed by atoms with E-state index in [1.807, 2.05) is 0 Å². The molecule has 2 aromatic rings. The third kappa shape index (κ3) is 3.70. The number of carbonyl (C=O) groups excluding carboxylic acids is 1. The van der Waals surface area contributed by atoms with Crippen LogP contribution in [0, 0.1) is 5.92 Å². The van der Waals surface area contributed by atoms with Crippen molar-refractivity contribution in [1.29, 1.82) is 0 Å². The molecule has 12 heteroatoms. The molecule has 1 amide bonds. The zero-order chi connectivity index (χ0) is 19.6. The number of ether oxygens (including phenoxy) is 1. The lowest BCUT2D eigenvalue weighted by atomic mass is 10.1. The lowest BCUT2D eigenvalue weighted by Crippen LogP contribution is -2.33. The number of aliphatic hydroxyl groups is 3. The molecular weight excluding hydrogens is 358 g/mol. The number of amides is 1. The van der Waals surface area contributed by atoms with Crippen molar-refractivity contribution in [2.45, 2.75) is 31.0 Å². The van der Waals surface area contributed by atoms with Gasteiger partial charge in [-0.1, -0.05) is 0 Å². The molecule has 1 fully saturated rings. The van der Waals surface area contributed by atoms with Gasteiger partial charge in [0.05, 0.1) is 18.9 Å². The maximum Gasteiger partial charge on any atom is 0.222 e. The number of rotatable bonds is 8. The van der Waals surface area contributed by atoms with Gasteiger partial charge in [0.15, 0.2) is 23.2 Å². The van der Waals surface area contributed by atoms with Crippen LogP contribution < -0.4 is 16.8 Å². The number of anilines is 1. The van der Waals surface area contributed by atoms with Crippen molar-refractivity contribution in [2.75, 3.05) is 25.0 Å². The van der Waals surface area contributed by atoms with Crippen molar-refractivity contribution in [1.82, 2.24) is 19.5 Å². The van der Waals surface area contributed by atoms with E-state index in [1.165, 1.54) is 17.2 Å². The number of primary amides is 1. The minimum atomic E-state index is -1.25. The monoisotopic (exact) mass is 381 g/mol. The number of aromatic nitrogens is 4. The van der Waals surface area contributed by atoms with Gasteiger partial charge in [-0.25, -0.2) is 15.0 Å². The summed E-state index contributed by atoms with van der Waals surface area (Å²) in [4.78, 5) is 24.0. The minimum absolute atomic E-state index is 0.235. The summed E-state index contributed by atoms with van der Waals surface area (Å²) in [5, 5.41) is 32.4. The number of fused-ring (bicyclic) bond motifs is 1. The number of aliphatic hydroxyl groups excluding tert-OH is 3. The van der Waals surface area contributed by atoms with E-state index in [9.17, 15) is 20.1 Å². The third-order valence-corrected chi connectivity index (χ3v) is 4.58. The fraction of sp³-hybridized carbons (Fsp3) is 0.600. The molecule has 0 spiro atoms. The highest BCUT2D eigenvalue weighted by atomic mass is 16.6. The number of imidazole rings is 1. The van der Waals surface area contributed by atoms with E-state index in [-0.39, 0.29) is 6.54 Å². The molecule has 0 aliphatic carbocycles. The van der Waals surface area contributed by atoms with Crippen molar-refractivity contribution in [3.8, 4) is 0 Å². The summed E-state index contributed by atoms with van der Waals surface area (Å²) in [7, 11) is 0. The Bertz CT molecular complexity index is 800. The van der Waals surface area contributed by atoms with Gasteiger partial charge in [-0.3, -0.25) is 9.36 Å². The number of hydrogen-bond donors (Lipinski definition) is 6. The molecule has 5 atom stereocenters. The van der Waals surface area contributed by atoms with Crippen LogP contribution in [0.3, 0.4) is 0 Å². The van der Waals surface area contributed by atoms with Crippen molar-refractivity contribution in [2.24, 2.45) is 17.4 Å². The number of nitrogens with one attached hydrogen (secondary N) is 1. The fourth-order valence-corrected chi connectivity index (χ4v) is 3.04. The SMILES string of the molecule is NCCC(CNc1ncnc2c1ncn2[C@@H]1O[C@H](CO)C(O)C1O)C(N)=O. The second-order valence-electron chi connectivity index (χ2n) is 6.33. The van der Waals surface area contributed by atoms with E-state index in [0.717, 1.165) is 0 Å². The van der Waals surface area contributed by atoms with Crippen LogP contribution in [0.5, 0.6) is 0 Å². The Hall–Kier alpha value is -2.38. The van der Waals surface area contributed by atoms with Gasteiger partial charge in [0.2, 0.25) is 5.91 Å². The van der Waals surface area contributed by atoms with Gasteiger partial charge in [-0.15, -0.1) is 0 Å². The first-order valence-electron chi connectivity index (χ1n) is 8.51. The molecule has 1 saturated heterocycles. The highest BCUT2D eigenvalue weighted by Crippen LogP contribution is 2.32. The molecule has 3 rings (SSSR count). The second-order valence-corrected chi connectivity index (χ2v) is 6.33. The summed E-state index contributed by atoms with van der Waals surface area (Å²) in [6, 6.07) is 0. The average molecular weight is 381 g/mol. The Morgan fingerprint density at radius 2 is 2.11 bits per heavy atom. The molecule has 3 heterocycles. The van der Waals surface area contributed by atoms with Gasteiger partial charge < -0.3 is 36.8 Å². The number of nitrogens with zero attached hydrogens (tertiary/aromatic N) is 4. The molecule has 1 aliphatic rings. The van der Waals surface area contributed by atoms with Crippen LogP contribution in [0.15, 0.2) is 12.7 Å². The molecule has 12 nitrogen and oxygen atoms in total. The zero-order valence-corrected chi connectivity index (χ0v) is 14.5. The number of hydrogen-bond acceptors (Lipinski definition) is 10. The predicted molar refractivity (Wildman–Crippen MR) is 93.2 cm³/mol. The molecule has 2 aromatic heterocycles. The van der Waals surface area contributed by atoms with E-state index in [4.69, 9.17) is 16.2 Å². The van der Waals surface area contributed by atoms with Crippen molar-refractivity contribution in [3.63, 3.8) is 0 Å². The fourth-order valence-electron chi connectivity index (χ4n) is 3.04. The molecule has 0 saturated carbocycles. The standard InChI is InChI=1S/C15H23N7O5/c16-2-1-7(12(17)26)3-18-13-9-14(20-5-19-13)22(6-21-9)15-11(25)10(24)8(4-23)27-15/h5-8,10-11,15,23-25H,1-4,16H2,(H2,17,26)(H,18,19,20)/t7?,8-,10?,11?,15-/m1/s1. The maximum absolute atomic E-state index is 11.5. The first-order chi connectivity index (χ1) is 13.0. The van der Waals surface area contributed by atoms with Crippen molar-refractivity contribution >= 4 is 22.9 Å². The first-order valence-corrected chi connectivity index (χ1v) is 8.51. The van der Waals surface area contributed by atoms with Crippen LogP contribution in [0.1, 0.15) is 12.6 Å². The van der Waals surface area contributed by atoms with Gasteiger partial charge in [0.25, 0.3) is 0 Å². The van der Waals surface area contributed by atoms with Gasteiger partial charge in [-0.05, 0) is 13.0 Å². The predicted octanol–water partition coefficient (Wildman–Crippen LogP) is -2.70. The summed E-state index contributed by atoms with van der Waals surface area (Å²) in [6.45, 7) is 0.131. The number of carbonyl (C=O) groups is 1. The highest BCUT2D eigenvalue weighted by molar-refractivity contribution is 5.83. The Balaban J connectivity index is 1.84. The second kappa shape index (κ2) is 8.10. The van der Waals surface area contributed by atoms with Crippen LogP contribution in [0.25, 0.3) is 11.2 Å².